The molecule has 1 aliphatic rings. The standard InChI is InChI=1S/C13H18ClN3O2/c1-2-5-17-8-9(14)6-11(17)13(19)16-10-3-4-12(18)15-7-10/h6,8,10H,2-5,7H2,1H3,(H,15,18)(H,16,19). The number of aromatic nitrogens is 1. The van der Waals surface area contributed by atoms with Gasteiger partial charge in [0, 0.05) is 31.7 Å². The van der Waals surface area contributed by atoms with E-state index in [9.17, 15) is 9.59 Å². The highest BCUT2D eigenvalue weighted by Gasteiger charge is 2.21. The van der Waals surface area contributed by atoms with Gasteiger partial charge in [-0.3, -0.25) is 9.59 Å². The lowest BCUT2D eigenvalue weighted by molar-refractivity contribution is -0.122. The van der Waals surface area contributed by atoms with Crippen LogP contribution in [-0.4, -0.2) is 29.0 Å². The van der Waals surface area contributed by atoms with Crippen molar-refractivity contribution < 1.29 is 9.59 Å². The summed E-state index contributed by atoms with van der Waals surface area (Å²) in [4.78, 5) is 23.3. The zero-order chi connectivity index (χ0) is 13.8. The Labute approximate surface area is 117 Å². The van der Waals surface area contributed by atoms with Crippen LogP contribution in [0, 0.1) is 0 Å². The van der Waals surface area contributed by atoms with Gasteiger partial charge in [-0.2, -0.15) is 0 Å². The summed E-state index contributed by atoms with van der Waals surface area (Å²) in [5.74, 6) is -0.0931. The Hall–Kier alpha value is -1.49. The average molecular weight is 284 g/mol. The van der Waals surface area contributed by atoms with E-state index in [1.165, 1.54) is 0 Å². The third-order valence-corrected chi connectivity index (χ3v) is 3.37. The third kappa shape index (κ3) is 3.50. The number of piperidine rings is 1. The Morgan fingerprint density at radius 3 is 3.05 bits per heavy atom. The lowest BCUT2D eigenvalue weighted by atomic mass is 10.1. The lowest BCUT2D eigenvalue weighted by Crippen LogP contribution is -2.48. The van der Waals surface area contributed by atoms with Crippen LogP contribution < -0.4 is 10.6 Å². The first-order valence-corrected chi connectivity index (χ1v) is 6.91. The molecular formula is C13H18ClN3O2. The maximum atomic E-state index is 12.2. The predicted molar refractivity (Wildman–Crippen MR) is 73.2 cm³/mol. The van der Waals surface area contributed by atoms with Gasteiger partial charge in [0.2, 0.25) is 5.91 Å². The molecular weight excluding hydrogens is 266 g/mol. The number of carbonyl (C=O) groups is 2. The monoisotopic (exact) mass is 283 g/mol. The number of amides is 2. The summed E-state index contributed by atoms with van der Waals surface area (Å²) >= 11 is 5.95. The van der Waals surface area contributed by atoms with Gasteiger partial charge in [-0.15, -0.1) is 0 Å². The first kappa shape index (κ1) is 13.9. The van der Waals surface area contributed by atoms with Gasteiger partial charge in [0.25, 0.3) is 5.91 Å². The summed E-state index contributed by atoms with van der Waals surface area (Å²) in [6, 6.07) is 1.67. The molecule has 0 saturated carbocycles. The van der Waals surface area contributed by atoms with E-state index in [-0.39, 0.29) is 17.9 Å². The Kier molecular flexibility index (Phi) is 4.47. The minimum atomic E-state index is -0.138. The quantitative estimate of drug-likeness (QED) is 0.881. The van der Waals surface area contributed by atoms with Gasteiger partial charge in [-0.1, -0.05) is 18.5 Å². The van der Waals surface area contributed by atoms with Crippen molar-refractivity contribution in [2.45, 2.75) is 38.8 Å². The smallest absolute Gasteiger partial charge is 0.268 e. The van der Waals surface area contributed by atoms with E-state index in [1.807, 2.05) is 11.5 Å². The molecule has 6 heteroatoms. The molecule has 0 aromatic carbocycles. The van der Waals surface area contributed by atoms with Crippen molar-refractivity contribution in [3.05, 3.63) is 23.0 Å². The van der Waals surface area contributed by atoms with E-state index in [0.717, 1.165) is 13.0 Å². The van der Waals surface area contributed by atoms with Crippen LogP contribution in [0.4, 0.5) is 0 Å². The summed E-state index contributed by atoms with van der Waals surface area (Å²) in [6.07, 6.45) is 3.84. The van der Waals surface area contributed by atoms with Crippen molar-refractivity contribution in [1.82, 2.24) is 15.2 Å². The maximum Gasteiger partial charge on any atom is 0.268 e. The molecule has 1 aliphatic heterocycles. The molecule has 5 nitrogen and oxygen atoms in total. The first-order valence-electron chi connectivity index (χ1n) is 6.53. The van der Waals surface area contributed by atoms with Crippen LogP contribution in [0.15, 0.2) is 12.3 Å². The molecule has 2 amide bonds. The molecule has 1 aromatic heterocycles. The fourth-order valence-corrected chi connectivity index (χ4v) is 2.43. The number of carbonyl (C=O) groups excluding carboxylic acids is 2. The zero-order valence-corrected chi connectivity index (χ0v) is 11.7. The molecule has 19 heavy (non-hydrogen) atoms. The highest BCUT2D eigenvalue weighted by atomic mass is 35.5. The van der Waals surface area contributed by atoms with Crippen molar-refractivity contribution in [2.24, 2.45) is 0 Å². The fourth-order valence-electron chi connectivity index (χ4n) is 2.21. The van der Waals surface area contributed by atoms with Crippen LogP contribution in [0.3, 0.4) is 0 Å². The number of aryl methyl sites for hydroxylation is 1. The van der Waals surface area contributed by atoms with Crippen LogP contribution in [0.2, 0.25) is 5.02 Å². The van der Waals surface area contributed by atoms with Crippen molar-refractivity contribution in [2.75, 3.05) is 6.54 Å². The van der Waals surface area contributed by atoms with Crippen molar-refractivity contribution in [1.29, 1.82) is 0 Å². The molecule has 0 aliphatic carbocycles. The normalized spacial score (nSPS) is 19.1. The second-order valence-electron chi connectivity index (χ2n) is 4.75. The van der Waals surface area contributed by atoms with Gasteiger partial charge >= 0.3 is 0 Å². The first-order chi connectivity index (χ1) is 9.10. The van der Waals surface area contributed by atoms with Crippen LogP contribution in [0.25, 0.3) is 0 Å². The van der Waals surface area contributed by atoms with Crippen LogP contribution >= 0.6 is 11.6 Å². The Bertz CT molecular complexity index is 474. The number of nitrogens with zero attached hydrogens (tertiary/aromatic N) is 1. The molecule has 1 saturated heterocycles. The molecule has 2 N–H and O–H groups in total. The van der Waals surface area contributed by atoms with Gasteiger partial charge in [-0.05, 0) is 18.9 Å². The number of halogens is 1. The summed E-state index contributed by atoms with van der Waals surface area (Å²) < 4.78 is 1.86. The largest absolute Gasteiger partial charge is 0.354 e. The van der Waals surface area contributed by atoms with Gasteiger partial charge in [-0.25, -0.2) is 0 Å². The fraction of sp³-hybridized carbons (Fsp3) is 0.538. The van der Waals surface area contributed by atoms with E-state index >= 15 is 0 Å². The molecule has 104 valence electrons. The van der Waals surface area contributed by atoms with Gasteiger partial charge in [0.1, 0.15) is 5.69 Å². The maximum absolute atomic E-state index is 12.2. The molecule has 2 heterocycles. The summed E-state index contributed by atoms with van der Waals surface area (Å²) in [5.41, 5.74) is 0.573. The Morgan fingerprint density at radius 2 is 2.42 bits per heavy atom. The molecule has 0 spiro atoms. The van der Waals surface area contributed by atoms with Crippen LogP contribution in [-0.2, 0) is 11.3 Å². The number of rotatable bonds is 4. The van der Waals surface area contributed by atoms with E-state index < -0.39 is 0 Å². The zero-order valence-electron chi connectivity index (χ0n) is 10.9. The molecule has 1 atom stereocenters. The predicted octanol–water partition coefficient (Wildman–Crippen LogP) is 1.56. The van der Waals surface area contributed by atoms with Crippen molar-refractivity contribution >= 4 is 23.4 Å². The average Bonchev–Trinajstić information content (AvgIpc) is 2.74. The van der Waals surface area contributed by atoms with Crippen LogP contribution in [0.5, 0.6) is 0 Å². The molecule has 1 aromatic rings. The lowest BCUT2D eigenvalue weighted by Gasteiger charge is -2.23. The van der Waals surface area contributed by atoms with Gasteiger partial charge < -0.3 is 15.2 Å². The SMILES string of the molecule is CCCn1cc(Cl)cc1C(=O)NC1CCC(=O)NC1. The highest BCUT2D eigenvalue weighted by Crippen LogP contribution is 2.15. The summed E-state index contributed by atoms with van der Waals surface area (Å²) in [7, 11) is 0. The molecule has 0 radical (unpaired) electrons. The number of nitrogens with one attached hydrogen (secondary N) is 2. The molecule has 1 fully saturated rings. The van der Waals surface area contributed by atoms with E-state index in [2.05, 4.69) is 10.6 Å². The molecule has 2 rings (SSSR count). The second kappa shape index (κ2) is 6.10. The number of hydrogen-bond donors (Lipinski definition) is 2. The Balaban J connectivity index is 2.01. The minimum absolute atomic E-state index is 0.00560. The van der Waals surface area contributed by atoms with Crippen molar-refractivity contribution in [3.8, 4) is 0 Å². The third-order valence-electron chi connectivity index (χ3n) is 3.16. The summed E-state index contributed by atoms with van der Waals surface area (Å²) in [6.45, 7) is 3.30. The van der Waals surface area contributed by atoms with Gasteiger partial charge in [0.05, 0.1) is 5.02 Å². The van der Waals surface area contributed by atoms with E-state index in [4.69, 9.17) is 11.6 Å². The highest BCUT2D eigenvalue weighted by molar-refractivity contribution is 6.31. The van der Waals surface area contributed by atoms with Crippen LogP contribution in [0.1, 0.15) is 36.7 Å². The summed E-state index contributed by atoms with van der Waals surface area (Å²) in [5, 5.41) is 6.25. The topological polar surface area (TPSA) is 63.1 Å². The molecule has 1 unspecified atom stereocenters. The van der Waals surface area contributed by atoms with E-state index in [0.29, 0.717) is 30.1 Å². The van der Waals surface area contributed by atoms with Crippen molar-refractivity contribution in [3.63, 3.8) is 0 Å². The van der Waals surface area contributed by atoms with Gasteiger partial charge in [0.15, 0.2) is 0 Å². The number of hydrogen-bond acceptors (Lipinski definition) is 2. The second-order valence-corrected chi connectivity index (χ2v) is 5.19. The molecule has 0 bridgehead atoms. The Morgan fingerprint density at radius 1 is 1.63 bits per heavy atom. The minimum Gasteiger partial charge on any atom is -0.354 e. The van der Waals surface area contributed by atoms with E-state index in [1.54, 1.807) is 12.3 Å².